The van der Waals surface area contributed by atoms with Gasteiger partial charge < -0.3 is 5.32 Å². The second kappa shape index (κ2) is 12.5. The first-order valence-corrected chi connectivity index (χ1v) is 13.3. The second-order valence-electron chi connectivity index (χ2n) is 9.90. The monoisotopic (exact) mass is 546 g/mol. The van der Waals surface area contributed by atoms with Crippen molar-refractivity contribution in [2.75, 3.05) is 5.32 Å². The molecule has 10 heteroatoms. The van der Waals surface area contributed by atoms with Gasteiger partial charge in [0.2, 0.25) is 0 Å². The summed E-state index contributed by atoms with van der Waals surface area (Å²) in [7, 11) is 0. The smallest absolute Gasteiger partial charge is 0.321 e. The molecule has 0 bridgehead atoms. The highest BCUT2D eigenvalue weighted by molar-refractivity contribution is 7.09. The number of hydrogen-bond acceptors (Lipinski definition) is 5. The van der Waals surface area contributed by atoms with E-state index in [4.69, 9.17) is 4.84 Å². The number of nitrogens with one attached hydrogen (secondary N) is 2. The van der Waals surface area contributed by atoms with Crippen molar-refractivity contribution in [3.63, 3.8) is 0 Å². The maximum atomic E-state index is 13.0. The van der Waals surface area contributed by atoms with Crippen LogP contribution in [-0.2, 0) is 17.4 Å². The van der Waals surface area contributed by atoms with Crippen LogP contribution in [0.1, 0.15) is 74.1 Å². The largest absolute Gasteiger partial charge is 0.416 e. The Hall–Kier alpha value is -3.24. The Kier molecular flexibility index (Phi) is 9.67. The molecule has 0 aliphatic heterocycles. The van der Waals surface area contributed by atoms with Crippen LogP contribution >= 0.6 is 11.3 Å². The van der Waals surface area contributed by atoms with Crippen LogP contribution in [0.3, 0.4) is 0 Å². The van der Waals surface area contributed by atoms with Crippen molar-refractivity contribution in [2.45, 2.75) is 66.2 Å². The third-order valence-corrected chi connectivity index (χ3v) is 6.62. The molecule has 2 N–H and O–H groups in total. The molecule has 2 aromatic carbocycles. The van der Waals surface area contributed by atoms with Crippen LogP contribution in [0.5, 0.6) is 0 Å². The maximum absolute atomic E-state index is 13.0. The minimum atomic E-state index is -4.41. The number of carbonyl (C=O) groups excluding carboxylic acids is 1. The van der Waals surface area contributed by atoms with Gasteiger partial charge in [-0.2, -0.15) is 13.2 Å². The van der Waals surface area contributed by atoms with Gasteiger partial charge in [0.1, 0.15) is 11.5 Å². The summed E-state index contributed by atoms with van der Waals surface area (Å²) in [6.07, 6.45) is -2.63. The fraction of sp³-hybridized carbons (Fsp3) is 0.393. The molecule has 1 atom stereocenters. The number of amidine groups is 1. The van der Waals surface area contributed by atoms with Crippen LogP contribution in [0.15, 0.2) is 58.9 Å². The minimum absolute atomic E-state index is 0.00325. The first kappa shape index (κ1) is 29.3. The topological polar surface area (TPSA) is 75.6 Å². The van der Waals surface area contributed by atoms with Gasteiger partial charge >= 0.3 is 6.18 Å². The highest BCUT2D eigenvalue weighted by Crippen LogP contribution is 2.30. The van der Waals surface area contributed by atoms with E-state index in [-0.39, 0.29) is 23.6 Å². The van der Waals surface area contributed by atoms with Crippen molar-refractivity contribution in [2.24, 2.45) is 10.4 Å². The lowest BCUT2D eigenvalue weighted by Crippen LogP contribution is -2.36. The van der Waals surface area contributed by atoms with E-state index in [1.165, 1.54) is 17.4 Å². The van der Waals surface area contributed by atoms with Crippen LogP contribution in [0.2, 0.25) is 0 Å². The Labute approximate surface area is 225 Å². The third kappa shape index (κ3) is 8.39. The molecule has 0 saturated heterocycles. The molecular weight excluding hydrogens is 513 g/mol. The molecule has 1 aromatic heterocycles. The third-order valence-electron chi connectivity index (χ3n) is 5.77. The van der Waals surface area contributed by atoms with Crippen molar-refractivity contribution in [3.05, 3.63) is 75.7 Å². The first-order chi connectivity index (χ1) is 17.9. The fourth-order valence-electron chi connectivity index (χ4n) is 3.68. The van der Waals surface area contributed by atoms with Gasteiger partial charge in [-0.1, -0.05) is 52.8 Å². The minimum Gasteiger partial charge on any atom is -0.321 e. The van der Waals surface area contributed by atoms with Crippen LogP contribution in [0.4, 0.5) is 24.5 Å². The van der Waals surface area contributed by atoms with Gasteiger partial charge in [-0.3, -0.25) is 15.1 Å². The Bertz CT molecular complexity index is 1250. The summed E-state index contributed by atoms with van der Waals surface area (Å²) in [5.41, 5.74) is 4.24. The van der Waals surface area contributed by atoms with Gasteiger partial charge in [0.15, 0.2) is 0 Å². The lowest BCUT2D eigenvalue weighted by atomic mass is 9.88. The Balaban J connectivity index is 1.60. The molecule has 0 aliphatic carbocycles. The quantitative estimate of drug-likeness (QED) is 0.163. The zero-order valence-electron chi connectivity index (χ0n) is 22.1. The number of carbonyl (C=O) groups is 1. The zero-order chi connectivity index (χ0) is 27.9. The molecular formula is C28H33F3N4O2S. The molecule has 1 amide bonds. The van der Waals surface area contributed by atoms with Gasteiger partial charge in [-0.15, -0.1) is 11.3 Å². The number of hydroxylamine groups is 1. The van der Waals surface area contributed by atoms with Gasteiger partial charge in [0.25, 0.3) is 5.91 Å². The van der Waals surface area contributed by atoms with E-state index >= 15 is 0 Å². The van der Waals surface area contributed by atoms with E-state index in [1.807, 2.05) is 6.92 Å². The van der Waals surface area contributed by atoms with Crippen LogP contribution in [0, 0.1) is 5.41 Å². The molecule has 3 rings (SSSR count). The summed E-state index contributed by atoms with van der Waals surface area (Å²) < 4.78 is 38.9. The van der Waals surface area contributed by atoms with Crippen molar-refractivity contribution in [1.82, 2.24) is 10.5 Å². The van der Waals surface area contributed by atoms with Crippen molar-refractivity contribution in [3.8, 4) is 0 Å². The SMILES string of the molecule is CCC(=Nc1ccc(NC(=O)c2csc(Cc3cccc(C(F)(F)F)c3)n2)cc1)NOC(CC)C(C)(C)C. The molecule has 6 nitrogen and oxygen atoms in total. The average molecular weight is 547 g/mol. The van der Waals surface area contributed by atoms with Crippen molar-refractivity contribution in [1.29, 1.82) is 0 Å². The molecule has 1 heterocycles. The fourth-order valence-corrected chi connectivity index (χ4v) is 4.49. The first-order valence-electron chi connectivity index (χ1n) is 12.4. The van der Waals surface area contributed by atoms with Gasteiger partial charge in [-0.25, -0.2) is 9.98 Å². The van der Waals surface area contributed by atoms with E-state index in [0.717, 1.165) is 18.6 Å². The predicted molar refractivity (Wildman–Crippen MR) is 146 cm³/mol. The number of benzene rings is 2. The van der Waals surface area contributed by atoms with E-state index in [9.17, 15) is 18.0 Å². The Morgan fingerprint density at radius 1 is 1.11 bits per heavy atom. The molecule has 3 aromatic rings. The van der Waals surface area contributed by atoms with Crippen LogP contribution < -0.4 is 10.8 Å². The van der Waals surface area contributed by atoms with Crippen LogP contribution in [0.25, 0.3) is 0 Å². The summed E-state index contributed by atoms with van der Waals surface area (Å²) in [4.78, 5) is 27.4. The molecule has 0 radical (unpaired) electrons. The highest BCUT2D eigenvalue weighted by Gasteiger charge is 2.30. The van der Waals surface area contributed by atoms with Gasteiger partial charge in [0, 0.05) is 23.9 Å². The van der Waals surface area contributed by atoms with Crippen molar-refractivity contribution >= 4 is 34.5 Å². The summed E-state index contributed by atoms with van der Waals surface area (Å²) in [6, 6.07) is 12.2. The number of nitrogens with zero attached hydrogens (tertiary/aromatic N) is 2. The number of alkyl halides is 3. The Morgan fingerprint density at radius 3 is 2.42 bits per heavy atom. The summed E-state index contributed by atoms with van der Waals surface area (Å²) in [6.45, 7) is 10.4. The number of rotatable bonds is 9. The van der Waals surface area contributed by atoms with E-state index in [1.54, 1.807) is 35.7 Å². The van der Waals surface area contributed by atoms with E-state index in [0.29, 0.717) is 34.2 Å². The maximum Gasteiger partial charge on any atom is 0.416 e. The molecule has 38 heavy (non-hydrogen) atoms. The number of halogens is 3. The lowest BCUT2D eigenvalue weighted by Gasteiger charge is -2.29. The van der Waals surface area contributed by atoms with Gasteiger partial charge in [-0.05, 0) is 47.7 Å². The average Bonchev–Trinajstić information content (AvgIpc) is 3.32. The summed E-state index contributed by atoms with van der Waals surface area (Å²) >= 11 is 1.23. The van der Waals surface area contributed by atoms with Crippen molar-refractivity contribution < 1.29 is 22.8 Å². The van der Waals surface area contributed by atoms with E-state index in [2.05, 4.69) is 48.5 Å². The number of amides is 1. The van der Waals surface area contributed by atoms with E-state index < -0.39 is 17.6 Å². The molecule has 0 fully saturated rings. The molecule has 1 unspecified atom stereocenters. The molecule has 0 spiro atoms. The Morgan fingerprint density at radius 2 is 1.82 bits per heavy atom. The lowest BCUT2D eigenvalue weighted by molar-refractivity contribution is -0.137. The number of hydrogen-bond donors (Lipinski definition) is 2. The standard InChI is InChI=1S/C28H33F3N4O2S/c1-6-23(27(3,4)5)37-35-24(7-2)32-20-11-13-21(14-12-20)33-26(36)22-17-38-25(34-22)16-18-9-8-10-19(15-18)28(29,30)31/h8-15,17,23H,6-7,16H2,1-5H3,(H,32,35)(H,33,36). The molecule has 0 saturated carbocycles. The molecule has 0 aliphatic rings. The predicted octanol–water partition coefficient (Wildman–Crippen LogP) is 7.79. The normalized spacial score (nSPS) is 13.3. The zero-order valence-corrected chi connectivity index (χ0v) is 23.0. The number of aliphatic imine (C=N–C) groups is 1. The number of aromatic nitrogens is 1. The second-order valence-corrected chi connectivity index (χ2v) is 10.8. The van der Waals surface area contributed by atoms with Crippen LogP contribution in [-0.4, -0.2) is 22.8 Å². The molecule has 204 valence electrons. The number of anilines is 1. The van der Waals surface area contributed by atoms with Gasteiger partial charge in [0.05, 0.1) is 22.4 Å². The number of thiazole rings is 1. The summed E-state index contributed by atoms with van der Waals surface area (Å²) in [5, 5.41) is 4.94. The summed E-state index contributed by atoms with van der Waals surface area (Å²) in [5.74, 6) is 0.296. The highest BCUT2D eigenvalue weighted by atomic mass is 32.1.